The van der Waals surface area contributed by atoms with E-state index in [4.69, 9.17) is 0 Å². The molecular weight excluding hydrogens is 355 g/mol. The highest BCUT2D eigenvalue weighted by Gasteiger charge is 2.28. The van der Waals surface area contributed by atoms with E-state index in [-0.39, 0.29) is 11.7 Å². The van der Waals surface area contributed by atoms with Gasteiger partial charge in [-0.25, -0.2) is 12.8 Å². The molecule has 0 radical (unpaired) electrons. The van der Waals surface area contributed by atoms with Crippen molar-refractivity contribution in [2.24, 2.45) is 0 Å². The molecule has 1 saturated heterocycles. The van der Waals surface area contributed by atoms with Crippen LogP contribution in [0.5, 0.6) is 0 Å². The maximum atomic E-state index is 13.7. The average molecular weight is 374 g/mol. The Balaban J connectivity index is 1.78. The molecule has 136 valence electrons. The van der Waals surface area contributed by atoms with Crippen LogP contribution in [0.15, 0.2) is 54.1 Å². The predicted octanol–water partition coefficient (Wildman–Crippen LogP) is 3.41. The van der Waals surface area contributed by atoms with E-state index in [1.165, 1.54) is 16.4 Å². The molecule has 0 atom stereocenters. The van der Waals surface area contributed by atoms with Crippen molar-refractivity contribution in [3.63, 3.8) is 0 Å². The molecule has 1 aliphatic rings. The minimum Gasteiger partial charge on any atom is -0.322 e. The summed E-state index contributed by atoms with van der Waals surface area (Å²) >= 11 is 0. The Morgan fingerprint density at radius 2 is 1.96 bits per heavy atom. The van der Waals surface area contributed by atoms with Gasteiger partial charge in [0.05, 0.1) is 11.4 Å². The largest absolute Gasteiger partial charge is 0.322 e. The summed E-state index contributed by atoms with van der Waals surface area (Å²) in [5.74, 6) is -0.649. The lowest BCUT2D eigenvalue weighted by Gasteiger charge is -2.17. The lowest BCUT2D eigenvalue weighted by Crippen LogP contribution is -2.25. The normalized spacial score (nSPS) is 16.5. The molecular formula is C19H19FN2O3S. The second-order valence-corrected chi connectivity index (χ2v) is 8.11. The summed E-state index contributed by atoms with van der Waals surface area (Å²) in [7, 11) is -3.28. The first-order chi connectivity index (χ1) is 12.4. The highest BCUT2D eigenvalue weighted by Crippen LogP contribution is 2.26. The third-order valence-corrected chi connectivity index (χ3v) is 6.00. The number of hydrogen-bond acceptors (Lipinski definition) is 3. The Kier molecular flexibility index (Phi) is 5.08. The number of benzene rings is 2. The molecule has 26 heavy (non-hydrogen) atoms. The molecule has 0 saturated carbocycles. The lowest BCUT2D eigenvalue weighted by atomic mass is 10.1. The molecule has 0 spiro atoms. The number of anilines is 2. The standard InChI is InChI=1S/C19H19FN2O3S/c1-14(12-15-6-2-3-9-18(15)20)19(23)21-16-7-4-8-17(13-16)22-10-5-11-26(22,24)25/h2-4,6-9,12-13H,5,10-11H2,1H3,(H,21,23)/b14-12+. The number of carbonyl (C=O) groups is 1. The van der Waals surface area contributed by atoms with Crippen LogP contribution in [0.4, 0.5) is 15.8 Å². The van der Waals surface area contributed by atoms with Crippen molar-refractivity contribution in [3.8, 4) is 0 Å². The summed E-state index contributed by atoms with van der Waals surface area (Å²) in [5.41, 5.74) is 1.68. The van der Waals surface area contributed by atoms with Crippen LogP contribution in [-0.4, -0.2) is 26.6 Å². The van der Waals surface area contributed by atoms with Crippen LogP contribution in [0.3, 0.4) is 0 Å². The number of halogens is 1. The van der Waals surface area contributed by atoms with Gasteiger partial charge >= 0.3 is 0 Å². The Morgan fingerprint density at radius 1 is 1.19 bits per heavy atom. The second kappa shape index (κ2) is 7.29. The molecule has 5 nitrogen and oxygen atoms in total. The van der Waals surface area contributed by atoms with Crippen molar-refractivity contribution >= 4 is 33.4 Å². The molecule has 0 bridgehead atoms. The molecule has 1 heterocycles. The lowest BCUT2D eigenvalue weighted by molar-refractivity contribution is -0.112. The van der Waals surface area contributed by atoms with Gasteiger partial charge in [0.25, 0.3) is 5.91 Å². The van der Waals surface area contributed by atoms with Crippen molar-refractivity contribution in [2.75, 3.05) is 21.9 Å². The Hall–Kier alpha value is -2.67. The van der Waals surface area contributed by atoms with Crippen LogP contribution >= 0.6 is 0 Å². The Labute approximate surface area is 152 Å². The fourth-order valence-corrected chi connectivity index (χ4v) is 4.35. The number of hydrogen-bond donors (Lipinski definition) is 1. The zero-order chi connectivity index (χ0) is 18.7. The van der Waals surface area contributed by atoms with Crippen LogP contribution in [0.2, 0.25) is 0 Å². The Bertz CT molecular complexity index is 970. The molecule has 0 aliphatic carbocycles. The van der Waals surface area contributed by atoms with Crippen molar-refractivity contribution in [1.82, 2.24) is 0 Å². The van der Waals surface area contributed by atoms with Gasteiger partial charge in [-0.05, 0) is 43.7 Å². The summed E-state index contributed by atoms with van der Waals surface area (Å²) < 4.78 is 39.1. The molecule has 0 aromatic heterocycles. The van der Waals surface area contributed by atoms with Crippen molar-refractivity contribution in [1.29, 1.82) is 0 Å². The molecule has 7 heteroatoms. The quantitative estimate of drug-likeness (QED) is 0.834. The molecule has 1 aliphatic heterocycles. The van der Waals surface area contributed by atoms with Crippen LogP contribution in [0.25, 0.3) is 6.08 Å². The van der Waals surface area contributed by atoms with E-state index in [1.807, 2.05) is 0 Å². The zero-order valence-electron chi connectivity index (χ0n) is 14.3. The van der Waals surface area contributed by atoms with Gasteiger partial charge in [0.1, 0.15) is 5.82 Å². The van der Waals surface area contributed by atoms with E-state index >= 15 is 0 Å². The van der Waals surface area contributed by atoms with Gasteiger partial charge in [-0.15, -0.1) is 0 Å². The van der Waals surface area contributed by atoms with Gasteiger partial charge in [0.15, 0.2) is 0 Å². The third-order valence-electron chi connectivity index (χ3n) is 4.13. The molecule has 0 unspecified atom stereocenters. The molecule has 3 rings (SSSR count). The smallest absolute Gasteiger partial charge is 0.251 e. The SMILES string of the molecule is C/C(=C\c1ccccc1F)C(=O)Nc1cccc(N2CCCS2(=O)=O)c1. The van der Waals surface area contributed by atoms with Gasteiger partial charge in [-0.3, -0.25) is 9.10 Å². The van der Waals surface area contributed by atoms with Gasteiger partial charge in [0.2, 0.25) is 10.0 Å². The molecule has 1 fully saturated rings. The van der Waals surface area contributed by atoms with E-state index in [9.17, 15) is 17.6 Å². The number of rotatable bonds is 4. The first-order valence-electron chi connectivity index (χ1n) is 8.21. The first kappa shape index (κ1) is 18.1. The van der Waals surface area contributed by atoms with Gasteiger partial charge in [-0.2, -0.15) is 0 Å². The fraction of sp³-hybridized carbons (Fsp3) is 0.211. The summed E-state index contributed by atoms with van der Waals surface area (Å²) in [6.07, 6.45) is 2.06. The van der Waals surface area contributed by atoms with Crippen molar-refractivity contribution < 1.29 is 17.6 Å². The molecule has 2 aromatic carbocycles. The van der Waals surface area contributed by atoms with Crippen molar-refractivity contribution in [2.45, 2.75) is 13.3 Å². The number of sulfonamides is 1. The Morgan fingerprint density at radius 3 is 2.65 bits per heavy atom. The average Bonchev–Trinajstić information content (AvgIpc) is 2.96. The highest BCUT2D eigenvalue weighted by atomic mass is 32.2. The van der Waals surface area contributed by atoms with E-state index in [2.05, 4.69) is 5.32 Å². The van der Waals surface area contributed by atoms with E-state index in [0.29, 0.717) is 35.5 Å². The fourth-order valence-electron chi connectivity index (χ4n) is 2.79. The summed E-state index contributed by atoms with van der Waals surface area (Å²) in [4.78, 5) is 12.4. The van der Waals surface area contributed by atoms with Gasteiger partial charge < -0.3 is 5.32 Å². The van der Waals surface area contributed by atoms with Gasteiger partial charge in [-0.1, -0.05) is 24.3 Å². The van der Waals surface area contributed by atoms with Crippen LogP contribution < -0.4 is 9.62 Å². The van der Waals surface area contributed by atoms with E-state index in [1.54, 1.807) is 49.4 Å². The van der Waals surface area contributed by atoms with E-state index in [0.717, 1.165) is 0 Å². The number of amides is 1. The number of carbonyl (C=O) groups excluding carboxylic acids is 1. The number of nitrogens with one attached hydrogen (secondary N) is 1. The zero-order valence-corrected chi connectivity index (χ0v) is 15.1. The maximum absolute atomic E-state index is 13.7. The minimum absolute atomic E-state index is 0.133. The summed E-state index contributed by atoms with van der Waals surface area (Å²) in [6, 6.07) is 12.9. The molecule has 1 N–H and O–H groups in total. The topological polar surface area (TPSA) is 66.5 Å². The monoisotopic (exact) mass is 374 g/mol. The predicted molar refractivity (Wildman–Crippen MR) is 101 cm³/mol. The minimum atomic E-state index is -3.28. The summed E-state index contributed by atoms with van der Waals surface area (Å²) in [6.45, 7) is 2.03. The summed E-state index contributed by atoms with van der Waals surface area (Å²) in [5, 5.41) is 2.72. The second-order valence-electron chi connectivity index (χ2n) is 6.10. The third kappa shape index (κ3) is 3.94. The number of nitrogens with zero attached hydrogens (tertiary/aromatic N) is 1. The first-order valence-corrected chi connectivity index (χ1v) is 9.82. The molecule has 2 aromatic rings. The van der Waals surface area contributed by atoms with Gasteiger partial charge in [0, 0.05) is 23.4 Å². The molecule has 1 amide bonds. The van der Waals surface area contributed by atoms with E-state index < -0.39 is 15.8 Å². The maximum Gasteiger partial charge on any atom is 0.251 e. The van der Waals surface area contributed by atoms with Crippen molar-refractivity contribution in [3.05, 3.63) is 65.5 Å². The van der Waals surface area contributed by atoms with Crippen LogP contribution in [0.1, 0.15) is 18.9 Å². The van der Waals surface area contributed by atoms with Crippen LogP contribution in [0, 0.1) is 5.82 Å². The highest BCUT2D eigenvalue weighted by molar-refractivity contribution is 7.93. The van der Waals surface area contributed by atoms with Crippen LogP contribution in [-0.2, 0) is 14.8 Å².